The van der Waals surface area contributed by atoms with Crippen molar-refractivity contribution in [2.24, 2.45) is 5.41 Å². The second-order valence-electron chi connectivity index (χ2n) is 6.72. The Hall–Kier alpha value is -2.44. The van der Waals surface area contributed by atoms with Gasteiger partial charge in [0.2, 0.25) is 11.8 Å². The number of nitrogens with zero attached hydrogens (tertiary/aromatic N) is 2. The molecule has 1 aromatic rings. The van der Waals surface area contributed by atoms with Gasteiger partial charge in [-0.25, -0.2) is 4.39 Å². The van der Waals surface area contributed by atoms with Gasteiger partial charge in [-0.1, -0.05) is 12.1 Å². The average Bonchev–Trinajstić information content (AvgIpc) is 3.38. The Morgan fingerprint density at radius 2 is 1.76 bits per heavy atom. The second kappa shape index (κ2) is 6.82. The first kappa shape index (κ1) is 17.4. The summed E-state index contributed by atoms with van der Waals surface area (Å²) in [7, 11) is 0. The van der Waals surface area contributed by atoms with Gasteiger partial charge in [-0.05, 0) is 37.0 Å². The van der Waals surface area contributed by atoms with Gasteiger partial charge in [0.1, 0.15) is 11.2 Å². The van der Waals surface area contributed by atoms with E-state index in [4.69, 9.17) is 0 Å². The molecule has 0 spiro atoms. The maximum atomic E-state index is 13.2. The molecule has 134 valence electrons. The third-order valence-corrected chi connectivity index (χ3v) is 4.95. The van der Waals surface area contributed by atoms with Crippen LogP contribution in [-0.2, 0) is 20.8 Å². The first-order valence-corrected chi connectivity index (χ1v) is 8.47. The lowest BCUT2D eigenvalue weighted by molar-refractivity contribution is -0.153. The minimum Gasteiger partial charge on any atom is -0.480 e. The zero-order valence-electron chi connectivity index (χ0n) is 13.9. The molecule has 3 rings (SSSR count). The summed E-state index contributed by atoms with van der Waals surface area (Å²) in [5.74, 6) is -1.87. The molecule has 0 unspecified atom stereocenters. The molecule has 6 nitrogen and oxygen atoms in total. The summed E-state index contributed by atoms with van der Waals surface area (Å²) in [5, 5.41) is 9.26. The minimum atomic E-state index is -1.24. The number of hydrogen-bond donors (Lipinski definition) is 1. The summed E-state index contributed by atoms with van der Waals surface area (Å²) in [6, 6.07) is 5.95. The van der Waals surface area contributed by atoms with E-state index in [0.29, 0.717) is 51.0 Å². The van der Waals surface area contributed by atoms with E-state index in [1.165, 1.54) is 12.1 Å². The van der Waals surface area contributed by atoms with Crippen LogP contribution in [0.4, 0.5) is 4.39 Å². The quantitative estimate of drug-likeness (QED) is 0.832. The Morgan fingerprint density at radius 1 is 1.08 bits per heavy atom. The van der Waals surface area contributed by atoms with Gasteiger partial charge < -0.3 is 14.9 Å². The second-order valence-corrected chi connectivity index (χ2v) is 6.72. The van der Waals surface area contributed by atoms with Crippen LogP contribution >= 0.6 is 0 Å². The first-order chi connectivity index (χ1) is 11.9. The molecule has 0 radical (unpaired) electrons. The third kappa shape index (κ3) is 3.65. The molecule has 0 aromatic heterocycles. The van der Waals surface area contributed by atoms with Crippen LogP contribution in [0.15, 0.2) is 24.3 Å². The third-order valence-electron chi connectivity index (χ3n) is 4.95. The Labute approximate surface area is 145 Å². The van der Waals surface area contributed by atoms with E-state index in [-0.39, 0.29) is 24.1 Å². The molecule has 1 aliphatic carbocycles. The first-order valence-electron chi connectivity index (χ1n) is 8.47. The van der Waals surface area contributed by atoms with Gasteiger partial charge >= 0.3 is 5.97 Å². The van der Waals surface area contributed by atoms with Crippen LogP contribution in [0.5, 0.6) is 0 Å². The summed E-state index contributed by atoms with van der Waals surface area (Å²) in [5.41, 5.74) is -0.620. The fourth-order valence-corrected chi connectivity index (χ4v) is 3.25. The number of carboxylic acid groups (broad SMARTS) is 1. The largest absolute Gasteiger partial charge is 0.480 e. The summed E-state index contributed by atoms with van der Waals surface area (Å²) in [6.45, 7) is 1.67. The molecule has 0 atom stereocenters. The van der Waals surface area contributed by atoms with Crippen molar-refractivity contribution in [3.05, 3.63) is 35.6 Å². The van der Waals surface area contributed by atoms with Gasteiger partial charge in [0.15, 0.2) is 0 Å². The van der Waals surface area contributed by atoms with Crippen molar-refractivity contribution >= 4 is 17.8 Å². The van der Waals surface area contributed by atoms with E-state index in [1.807, 2.05) is 0 Å². The van der Waals surface area contributed by atoms with Crippen molar-refractivity contribution in [2.75, 3.05) is 26.2 Å². The van der Waals surface area contributed by atoms with Gasteiger partial charge in [0.25, 0.3) is 0 Å². The van der Waals surface area contributed by atoms with Crippen LogP contribution < -0.4 is 0 Å². The van der Waals surface area contributed by atoms with Crippen molar-refractivity contribution < 1.29 is 23.9 Å². The number of aliphatic carboxylic acids is 1. The van der Waals surface area contributed by atoms with Crippen LogP contribution in [0, 0.1) is 11.2 Å². The lowest BCUT2D eigenvalue weighted by Gasteiger charge is -2.24. The number of carbonyl (C=O) groups is 3. The highest BCUT2D eigenvalue weighted by molar-refractivity contribution is 6.04. The SMILES string of the molecule is O=C(Cc1cccc(F)c1)N1CCCN(C(=O)C2(C(=O)O)CC2)CC1. The molecule has 25 heavy (non-hydrogen) atoms. The highest BCUT2D eigenvalue weighted by atomic mass is 19.1. The monoisotopic (exact) mass is 348 g/mol. The predicted molar refractivity (Wildman–Crippen MR) is 87.2 cm³/mol. The molecular formula is C18H21FN2O4. The van der Waals surface area contributed by atoms with E-state index in [2.05, 4.69) is 0 Å². The predicted octanol–water partition coefficient (Wildman–Crippen LogP) is 1.29. The highest BCUT2D eigenvalue weighted by Crippen LogP contribution is 2.47. The van der Waals surface area contributed by atoms with Crippen molar-refractivity contribution in [3.8, 4) is 0 Å². The van der Waals surface area contributed by atoms with Gasteiger partial charge in [-0.15, -0.1) is 0 Å². The maximum absolute atomic E-state index is 13.2. The molecular weight excluding hydrogens is 327 g/mol. The van der Waals surface area contributed by atoms with Gasteiger partial charge in [-0.2, -0.15) is 0 Å². The summed E-state index contributed by atoms with van der Waals surface area (Å²) in [4.78, 5) is 39.5. The van der Waals surface area contributed by atoms with E-state index >= 15 is 0 Å². The summed E-state index contributed by atoms with van der Waals surface area (Å²) in [6.07, 6.45) is 1.50. The average molecular weight is 348 g/mol. The topological polar surface area (TPSA) is 77.9 Å². The number of hydrogen-bond acceptors (Lipinski definition) is 3. The molecule has 1 saturated carbocycles. The van der Waals surface area contributed by atoms with Crippen molar-refractivity contribution in [1.29, 1.82) is 0 Å². The lowest BCUT2D eigenvalue weighted by atomic mass is 10.1. The number of carbonyl (C=O) groups excluding carboxylic acids is 2. The molecule has 2 aliphatic rings. The number of rotatable bonds is 4. The van der Waals surface area contributed by atoms with Gasteiger partial charge in [-0.3, -0.25) is 14.4 Å². The fourth-order valence-electron chi connectivity index (χ4n) is 3.25. The van der Waals surface area contributed by atoms with Crippen LogP contribution in [0.1, 0.15) is 24.8 Å². The Balaban J connectivity index is 1.59. The zero-order chi connectivity index (χ0) is 18.0. The van der Waals surface area contributed by atoms with Gasteiger partial charge in [0, 0.05) is 26.2 Å². The standard InChI is InChI=1S/C18H21FN2O4/c19-14-4-1-3-13(11-14)12-15(22)20-7-2-8-21(10-9-20)16(23)18(5-6-18)17(24)25/h1,3-4,11H,2,5-10,12H2,(H,24,25). The number of carboxylic acids is 1. The molecule has 1 aliphatic heterocycles. The Bertz CT molecular complexity index is 702. The molecule has 7 heteroatoms. The van der Waals surface area contributed by atoms with Crippen LogP contribution in [0.25, 0.3) is 0 Å². The smallest absolute Gasteiger partial charge is 0.319 e. The number of amides is 2. The zero-order valence-corrected chi connectivity index (χ0v) is 13.9. The molecule has 1 saturated heterocycles. The van der Waals surface area contributed by atoms with Crippen LogP contribution in [0.3, 0.4) is 0 Å². The molecule has 1 heterocycles. The Kier molecular flexibility index (Phi) is 4.74. The lowest BCUT2D eigenvalue weighted by Crippen LogP contribution is -2.43. The van der Waals surface area contributed by atoms with E-state index < -0.39 is 11.4 Å². The van der Waals surface area contributed by atoms with Crippen molar-refractivity contribution in [1.82, 2.24) is 9.80 Å². The van der Waals surface area contributed by atoms with E-state index in [0.717, 1.165) is 0 Å². The maximum Gasteiger partial charge on any atom is 0.319 e. The molecule has 2 fully saturated rings. The summed E-state index contributed by atoms with van der Waals surface area (Å²) < 4.78 is 13.2. The fraction of sp³-hybridized carbons (Fsp3) is 0.500. The Morgan fingerprint density at radius 3 is 2.40 bits per heavy atom. The molecule has 2 amide bonds. The molecule has 1 N–H and O–H groups in total. The van der Waals surface area contributed by atoms with E-state index in [9.17, 15) is 23.9 Å². The van der Waals surface area contributed by atoms with Crippen LogP contribution in [-0.4, -0.2) is 58.9 Å². The van der Waals surface area contributed by atoms with Crippen molar-refractivity contribution in [3.63, 3.8) is 0 Å². The van der Waals surface area contributed by atoms with E-state index in [1.54, 1.807) is 21.9 Å². The molecule has 1 aromatic carbocycles. The highest BCUT2D eigenvalue weighted by Gasteiger charge is 2.58. The van der Waals surface area contributed by atoms with Gasteiger partial charge in [0.05, 0.1) is 6.42 Å². The normalized spacial score (nSPS) is 19.2. The summed E-state index contributed by atoms with van der Waals surface area (Å²) >= 11 is 0. The number of halogens is 1. The van der Waals surface area contributed by atoms with Crippen molar-refractivity contribution in [2.45, 2.75) is 25.7 Å². The number of benzene rings is 1. The van der Waals surface area contributed by atoms with Crippen LogP contribution in [0.2, 0.25) is 0 Å². The molecule has 0 bridgehead atoms. The minimum absolute atomic E-state index is 0.112.